The first kappa shape index (κ1) is 19.1. The summed E-state index contributed by atoms with van der Waals surface area (Å²) in [5.41, 5.74) is 0.833. The third-order valence-corrected chi connectivity index (χ3v) is 2.45. The first-order valence-corrected chi connectivity index (χ1v) is 5.34. The van der Waals surface area contributed by atoms with Gasteiger partial charge >= 0.3 is 0 Å². The molecule has 5 heteroatoms. The quantitative estimate of drug-likeness (QED) is 0.806. The van der Waals surface area contributed by atoms with Crippen molar-refractivity contribution in [3.8, 4) is 0 Å². The fourth-order valence-corrected chi connectivity index (χ4v) is 1.26. The number of amides is 1. The maximum absolute atomic E-state index is 11.3. The molecule has 1 heterocycles. The molecule has 1 aromatic rings. The summed E-state index contributed by atoms with van der Waals surface area (Å²) in [7, 11) is 1.51. The first-order valence-electron chi connectivity index (χ1n) is 5.34. The van der Waals surface area contributed by atoms with Gasteiger partial charge in [-0.25, -0.2) is 0 Å². The number of aromatic nitrogens is 1. The van der Waals surface area contributed by atoms with Crippen molar-refractivity contribution >= 4 is 5.91 Å². The van der Waals surface area contributed by atoms with E-state index in [1.165, 1.54) is 7.05 Å². The molecule has 1 radical (unpaired) electrons. The average molecular weight is 313 g/mol. The number of rotatable bonds is 3. The molecule has 0 aliphatic heterocycles. The van der Waals surface area contributed by atoms with Crippen molar-refractivity contribution in [3.63, 3.8) is 0 Å². The average Bonchev–Trinajstić information content (AvgIpc) is 2.75. The summed E-state index contributed by atoms with van der Waals surface area (Å²) >= 11 is 0. The molecule has 0 bridgehead atoms. The van der Waals surface area contributed by atoms with Crippen molar-refractivity contribution in [1.82, 2.24) is 5.16 Å². The molecule has 0 saturated heterocycles. The van der Waals surface area contributed by atoms with Gasteiger partial charge in [0.25, 0.3) is 0 Å². The molecule has 4 nitrogen and oxygen atoms in total. The van der Waals surface area contributed by atoms with Crippen molar-refractivity contribution in [3.05, 3.63) is 29.8 Å². The van der Waals surface area contributed by atoms with Crippen molar-refractivity contribution in [2.24, 2.45) is 5.92 Å². The van der Waals surface area contributed by atoms with Crippen LogP contribution in [-0.4, -0.2) is 18.1 Å². The fraction of sp³-hybridized carbons (Fsp3) is 0.583. The van der Waals surface area contributed by atoms with E-state index in [1.807, 2.05) is 26.8 Å². The van der Waals surface area contributed by atoms with Gasteiger partial charge in [-0.05, 0) is 6.92 Å². The molecule has 1 aromatic heterocycles. The molecular formula is C12H20N2O2Y-2. The predicted molar refractivity (Wildman–Crippen MR) is 64.1 cm³/mol. The van der Waals surface area contributed by atoms with E-state index in [-0.39, 0.29) is 50.5 Å². The van der Waals surface area contributed by atoms with Crippen LogP contribution in [0.25, 0.3) is 5.32 Å². The minimum absolute atomic E-state index is 0. The Morgan fingerprint density at radius 1 is 1.47 bits per heavy atom. The van der Waals surface area contributed by atoms with Gasteiger partial charge in [-0.15, -0.1) is 7.05 Å². The topological polar surface area (TPSA) is 57.2 Å². The minimum atomic E-state index is -0.160. The monoisotopic (exact) mass is 313 g/mol. The van der Waals surface area contributed by atoms with E-state index < -0.39 is 0 Å². The molecule has 17 heavy (non-hydrogen) atoms. The Bertz CT molecular complexity index is 326. The van der Waals surface area contributed by atoms with E-state index in [0.29, 0.717) is 0 Å². The molecule has 0 aliphatic rings. The Morgan fingerprint density at radius 3 is 2.35 bits per heavy atom. The number of carbonyl (C=O) groups is 1. The van der Waals surface area contributed by atoms with Crippen molar-refractivity contribution in [2.75, 3.05) is 7.05 Å². The summed E-state index contributed by atoms with van der Waals surface area (Å²) < 4.78 is 5.10. The Morgan fingerprint density at radius 2 is 2.00 bits per heavy atom. The van der Waals surface area contributed by atoms with Gasteiger partial charge in [-0.2, -0.15) is 6.92 Å². The van der Waals surface area contributed by atoms with Crippen LogP contribution in [0.5, 0.6) is 0 Å². The predicted octanol–water partition coefficient (Wildman–Crippen LogP) is 3.09. The van der Waals surface area contributed by atoms with Crippen LogP contribution >= 0.6 is 0 Å². The van der Waals surface area contributed by atoms with Gasteiger partial charge in [-0.3, -0.25) is 0 Å². The molecule has 0 fully saturated rings. The molecular weight excluding hydrogens is 293 g/mol. The van der Waals surface area contributed by atoms with E-state index in [1.54, 1.807) is 6.92 Å². The van der Waals surface area contributed by atoms with E-state index in [2.05, 4.69) is 17.4 Å². The summed E-state index contributed by atoms with van der Waals surface area (Å²) in [4.78, 5) is 11.3. The van der Waals surface area contributed by atoms with Crippen LogP contribution < -0.4 is 0 Å². The molecule has 0 aromatic carbocycles. The van der Waals surface area contributed by atoms with Gasteiger partial charge in [0.15, 0.2) is 0 Å². The Balaban J connectivity index is 0. The van der Waals surface area contributed by atoms with E-state index in [0.717, 1.165) is 11.5 Å². The Hall–Kier alpha value is -0.216. The van der Waals surface area contributed by atoms with Gasteiger partial charge in [0.2, 0.25) is 0 Å². The third-order valence-electron chi connectivity index (χ3n) is 2.45. The number of nitrogens with zero attached hydrogens (tertiary/aromatic N) is 2. The summed E-state index contributed by atoms with van der Waals surface area (Å²) in [6.45, 7) is 10.6. The molecule has 95 valence electrons. The Labute approximate surface area is 129 Å². The van der Waals surface area contributed by atoms with Crippen LogP contribution in [0.15, 0.2) is 10.6 Å². The van der Waals surface area contributed by atoms with Gasteiger partial charge in [0.1, 0.15) is 5.76 Å². The zero-order chi connectivity index (χ0) is 12.7. The van der Waals surface area contributed by atoms with E-state index >= 15 is 0 Å². The molecule has 0 saturated carbocycles. The minimum Gasteiger partial charge on any atom is -0.656 e. The second-order valence-corrected chi connectivity index (χ2v) is 3.51. The summed E-state index contributed by atoms with van der Waals surface area (Å²) in [5.74, 6) is 0.498. The van der Waals surface area contributed by atoms with Gasteiger partial charge in [0.05, 0.1) is 11.6 Å². The second kappa shape index (κ2) is 9.78. The second-order valence-electron chi connectivity index (χ2n) is 3.51. The molecule has 1 rings (SSSR count). The van der Waals surface area contributed by atoms with E-state index in [4.69, 9.17) is 4.52 Å². The maximum Gasteiger partial charge on any atom is 0.140 e. The van der Waals surface area contributed by atoms with Gasteiger partial charge in [0, 0.05) is 50.6 Å². The van der Waals surface area contributed by atoms with Crippen molar-refractivity contribution < 1.29 is 42.0 Å². The SMILES string of the molecule is C[N-]C(=O)C(C)C(C)c1cc(C)no1.[CH2-]C.[Y]. The fourth-order valence-electron chi connectivity index (χ4n) is 1.26. The van der Waals surface area contributed by atoms with Crippen LogP contribution in [0.1, 0.15) is 38.1 Å². The van der Waals surface area contributed by atoms with Crippen LogP contribution in [0, 0.1) is 19.8 Å². The molecule has 0 spiro atoms. The summed E-state index contributed by atoms with van der Waals surface area (Å²) in [6.07, 6.45) is 0. The first-order chi connectivity index (χ1) is 7.56. The van der Waals surface area contributed by atoms with Crippen LogP contribution in [0.4, 0.5) is 0 Å². The summed E-state index contributed by atoms with van der Waals surface area (Å²) in [5, 5.41) is 7.43. The number of aryl methyl sites for hydroxylation is 1. The van der Waals surface area contributed by atoms with Crippen molar-refractivity contribution in [1.29, 1.82) is 0 Å². The zero-order valence-corrected chi connectivity index (χ0v) is 14.1. The smallest absolute Gasteiger partial charge is 0.140 e. The summed E-state index contributed by atoms with van der Waals surface area (Å²) in [6, 6.07) is 1.85. The maximum atomic E-state index is 11.3. The molecule has 0 N–H and O–H groups in total. The van der Waals surface area contributed by atoms with Gasteiger partial charge < -0.3 is 21.6 Å². The van der Waals surface area contributed by atoms with Crippen LogP contribution in [0.3, 0.4) is 0 Å². The molecule has 1 amide bonds. The standard InChI is InChI=1S/C10H16N2O2.C2H5.Y/c1-6-5-9(14-12-6)7(2)8(3)10(13)11-4;1-2;/h5,7-8H,1-4H3,(H,11,13);1H2,2H3;/q;-1;/p-1. The molecule has 0 aliphatic carbocycles. The number of carbonyl (C=O) groups excluding carboxylic acids is 1. The van der Waals surface area contributed by atoms with Gasteiger partial charge in [-0.1, -0.05) is 19.0 Å². The Kier molecular flexibility index (Phi) is 11.0. The normalized spacial score (nSPS) is 12.6. The third kappa shape index (κ3) is 5.78. The van der Waals surface area contributed by atoms with E-state index in [9.17, 15) is 4.79 Å². The van der Waals surface area contributed by atoms with Crippen LogP contribution in [-0.2, 0) is 37.5 Å². The van der Waals surface area contributed by atoms with Crippen molar-refractivity contribution in [2.45, 2.75) is 33.6 Å². The molecule has 2 atom stereocenters. The van der Waals surface area contributed by atoms with Crippen LogP contribution in [0.2, 0.25) is 0 Å². The molecule has 2 unspecified atom stereocenters. The number of hydrogen-bond donors (Lipinski definition) is 0. The number of hydrogen-bond acceptors (Lipinski definition) is 3. The largest absolute Gasteiger partial charge is 0.656 e. The zero-order valence-electron chi connectivity index (χ0n) is 11.2.